The van der Waals surface area contributed by atoms with Crippen LogP contribution in [0.1, 0.15) is 56.4 Å². The highest BCUT2D eigenvalue weighted by atomic mass is 16.6. The Kier molecular flexibility index (Phi) is 4.70. The number of pyridine rings is 1. The van der Waals surface area contributed by atoms with E-state index in [1.807, 2.05) is 27.7 Å². The third-order valence-electron chi connectivity index (χ3n) is 3.90. The van der Waals surface area contributed by atoms with Crippen molar-refractivity contribution in [3.63, 3.8) is 0 Å². The molecule has 1 aliphatic heterocycles. The second-order valence-electron chi connectivity index (χ2n) is 6.72. The summed E-state index contributed by atoms with van der Waals surface area (Å²) in [7, 11) is 0. The van der Waals surface area contributed by atoms with E-state index in [-0.39, 0.29) is 6.09 Å². The molecule has 2 heterocycles. The normalized spacial score (nSPS) is 16.2. The maximum Gasteiger partial charge on any atom is 0.410 e. The number of nitrogens with zero attached hydrogens (tertiary/aromatic N) is 3. The van der Waals surface area contributed by atoms with Crippen LogP contribution in [0.5, 0.6) is 0 Å². The summed E-state index contributed by atoms with van der Waals surface area (Å²) in [4.78, 5) is 18.3. The van der Waals surface area contributed by atoms with E-state index in [0.29, 0.717) is 24.6 Å². The highest BCUT2D eigenvalue weighted by molar-refractivity contribution is 5.68. The Morgan fingerprint density at radius 1 is 1.41 bits per heavy atom. The minimum absolute atomic E-state index is 0.249. The molecule has 0 radical (unpaired) electrons. The SMILES string of the molecule is Cc1c(C#N)ccnc1C1CCN(C(=O)OC(C)(C)C)CC1. The van der Waals surface area contributed by atoms with Gasteiger partial charge in [0.15, 0.2) is 0 Å². The molecule has 0 saturated carbocycles. The highest BCUT2D eigenvalue weighted by Crippen LogP contribution is 2.30. The van der Waals surface area contributed by atoms with E-state index in [0.717, 1.165) is 24.1 Å². The Morgan fingerprint density at radius 3 is 2.59 bits per heavy atom. The van der Waals surface area contributed by atoms with Gasteiger partial charge in [0, 0.05) is 30.9 Å². The van der Waals surface area contributed by atoms with Crippen molar-refractivity contribution in [2.45, 2.75) is 52.1 Å². The van der Waals surface area contributed by atoms with E-state index in [9.17, 15) is 4.79 Å². The fraction of sp³-hybridized carbons (Fsp3) is 0.588. The molecule has 0 N–H and O–H groups in total. The molecule has 1 aromatic heterocycles. The van der Waals surface area contributed by atoms with Crippen LogP contribution in [0.2, 0.25) is 0 Å². The second kappa shape index (κ2) is 6.35. The number of likely N-dealkylation sites (tertiary alicyclic amines) is 1. The Morgan fingerprint density at radius 2 is 2.05 bits per heavy atom. The number of piperidine rings is 1. The summed E-state index contributed by atoms with van der Waals surface area (Å²) in [5.74, 6) is 0.298. The summed E-state index contributed by atoms with van der Waals surface area (Å²) in [6.07, 6.45) is 3.15. The molecule has 1 saturated heterocycles. The Hall–Kier alpha value is -2.09. The third-order valence-corrected chi connectivity index (χ3v) is 3.90. The summed E-state index contributed by atoms with van der Waals surface area (Å²) >= 11 is 0. The van der Waals surface area contributed by atoms with Crippen molar-refractivity contribution >= 4 is 6.09 Å². The van der Waals surface area contributed by atoms with Crippen molar-refractivity contribution in [3.05, 3.63) is 29.1 Å². The van der Waals surface area contributed by atoms with Gasteiger partial charge in [-0.3, -0.25) is 4.98 Å². The van der Waals surface area contributed by atoms with Gasteiger partial charge < -0.3 is 9.64 Å². The molecule has 5 nitrogen and oxygen atoms in total. The van der Waals surface area contributed by atoms with Gasteiger partial charge in [-0.2, -0.15) is 5.26 Å². The van der Waals surface area contributed by atoms with Gasteiger partial charge in [0.1, 0.15) is 5.60 Å². The predicted molar refractivity (Wildman–Crippen MR) is 83.5 cm³/mol. The summed E-state index contributed by atoms with van der Waals surface area (Å²) in [6, 6.07) is 3.95. The van der Waals surface area contributed by atoms with Crippen LogP contribution in [-0.4, -0.2) is 34.7 Å². The lowest BCUT2D eigenvalue weighted by Crippen LogP contribution is -2.41. The first-order valence-corrected chi connectivity index (χ1v) is 7.65. The van der Waals surface area contributed by atoms with E-state index in [2.05, 4.69) is 11.1 Å². The molecule has 1 aromatic rings. The van der Waals surface area contributed by atoms with Gasteiger partial charge in [-0.25, -0.2) is 4.79 Å². The molecule has 0 atom stereocenters. The minimum atomic E-state index is -0.465. The lowest BCUT2D eigenvalue weighted by molar-refractivity contribution is 0.0204. The highest BCUT2D eigenvalue weighted by Gasteiger charge is 2.28. The molecule has 0 unspecified atom stereocenters. The van der Waals surface area contributed by atoms with Crippen molar-refractivity contribution in [3.8, 4) is 6.07 Å². The van der Waals surface area contributed by atoms with Crippen molar-refractivity contribution in [2.24, 2.45) is 0 Å². The minimum Gasteiger partial charge on any atom is -0.444 e. The maximum atomic E-state index is 12.1. The predicted octanol–water partition coefficient (Wildman–Crippen LogP) is 3.38. The van der Waals surface area contributed by atoms with Crippen LogP contribution in [0.25, 0.3) is 0 Å². The van der Waals surface area contributed by atoms with Crippen LogP contribution in [0.15, 0.2) is 12.3 Å². The standard InChI is InChI=1S/C17H23N3O2/c1-12-14(11-18)5-8-19-15(12)13-6-9-20(10-7-13)16(21)22-17(2,3)4/h5,8,13H,6-7,9-10H2,1-4H3. The zero-order chi connectivity index (χ0) is 16.3. The third kappa shape index (κ3) is 3.76. The lowest BCUT2D eigenvalue weighted by Gasteiger charge is -2.33. The van der Waals surface area contributed by atoms with Gasteiger partial charge in [-0.1, -0.05) is 0 Å². The van der Waals surface area contributed by atoms with Gasteiger partial charge in [0.05, 0.1) is 11.6 Å². The summed E-state index contributed by atoms with van der Waals surface area (Å²) < 4.78 is 5.41. The van der Waals surface area contributed by atoms with Gasteiger partial charge in [0.25, 0.3) is 0 Å². The molecular formula is C17H23N3O2. The fourth-order valence-electron chi connectivity index (χ4n) is 2.75. The number of rotatable bonds is 1. The van der Waals surface area contributed by atoms with Gasteiger partial charge in [-0.05, 0) is 52.2 Å². The van der Waals surface area contributed by atoms with Crippen LogP contribution >= 0.6 is 0 Å². The molecular weight excluding hydrogens is 278 g/mol. The molecule has 0 bridgehead atoms. The number of aromatic nitrogens is 1. The molecule has 0 aliphatic carbocycles. The lowest BCUT2D eigenvalue weighted by atomic mass is 9.89. The molecule has 1 amide bonds. The first-order valence-electron chi connectivity index (χ1n) is 7.65. The zero-order valence-corrected chi connectivity index (χ0v) is 13.7. The molecule has 5 heteroatoms. The average molecular weight is 301 g/mol. The van der Waals surface area contributed by atoms with Crippen LogP contribution in [0, 0.1) is 18.3 Å². The molecule has 0 aromatic carbocycles. The van der Waals surface area contributed by atoms with Gasteiger partial charge in [-0.15, -0.1) is 0 Å². The number of nitriles is 1. The van der Waals surface area contributed by atoms with E-state index in [4.69, 9.17) is 10.00 Å². The quantitative estimate of drug-likeness (QED) is 0.797. The van der Waals surface area contributed by atoms with Crippen LogP contribution in [-0.2, 0) is 4.74 Å². The van der Waals surface area contributed by atoms with Crippen LogP contribution in [0.4, 0.5) is 4.79 Å². The molecule has 118 valence electrons. The van der Waals surface area contributed by atoms with Gasteiger partial charge >= 0.3 is 6.09 Å². The van der Waals surface area contributed by atoms with Crippen LogP contribution < -0.4 is 0 Å². The van der Waals surface area contributed by atoms with Crippen LogP contribution in [0.3, 0.4) is 0 Å². The largest absolute Gasteiger partial charge is 0.444 e. The first kappa shape index (κ1) is 16.3. The van der Waals surface area contributed by atoms with E-state index in [1.165, 1.54) is 0 Å². The molecule has 0 spiro atoms. The van der Waals surface area contributed by atoms with Crippen molar-refractivity contribution in [1.82, 2.24) is 9.88 Å². The van der Waals surface area contributed by atoms with Crippen molar-refractivity contribution in [2.75, 3.05) is 13.1 Å². The number of ether oxygens (including phenoxy) is 1. The van der Waals surface area contributed by atoms with Gasteiger partial charge in [0.2, 0.25) is 0 Å². The van der Waals surface area contributed by atoms with Crippen molar-refractivity contribution < 1.29 is 9.53 Å². The summed E-state index contributed by atoms with van der Waals surface area (Å²) in [6.45, 7) is 8.89. The molecule has 1 aliphatic rings. The number of hydrogen-bond donors (Lipinski definition) is 0. The number of hydrogen-bond acceptors (Lipinski definition) is 4. The smallest absolute Gasteiger partial charge is 0.410 e. The topological polar surface area (TPSA) is 66.2 Å². The zero-order valence-electron chi connectivity index (χ0n) is 13.7. The summed E-state index contributed by atoms with van der Waals surface area (Å²) in [5, 5.41) is 9.12. The number of carbonyl (C=O) groups is 1. The Bertz CT molecular complexity index is 591. The van der Waals surface area contributed by atoms with Crippen molar-refractivity contribution in [1.29, 1.82) is 5.26 Å². The first-order chi connectivity index (χ1) is 10.3. The Balaban J connectivity index is 2.01. The average Bonchev–Trinajstić information content (AvgIpc) is 2.46. The molecule has 22 heavy (non-hydrogen) atoms. The molecule has 1 fully saturated rings. The number of amides is 1. The fourth-order valence-corrected chi connectivity index (χ4v) is 2.75. The molecule has 2 rings (SSSR count). The van der Waals surface area contributed by atoms with E-state index < -0.39 is 5.60 Å². The second-order valence-corrected chi connectivity index (χ2v) is 6.72. The van der Waals surface area contributed by atoms with E-state index in [1.54, 1.807) is 17.2 Å². The maximum absolute atomic E-state index is 12.1. The number of carbonyl (C=O) groups excluding carboxylic acids is 1. The Labute approximate surface area is 131 Å². The van der Waals surface area contributed by atoms with E-state index >= 15 is 0 Å². The summed E-state index contributed by atoms with van der Waals surface area (Å²) in [5.41, 5.74) is 2.16. The monoisotopic (exact) mass is 301 g/mol.